The van der Waals surface area contributed by atoms with Gasteiger partial charge in [0.25, 0.3) is 0 Å². The second-order valence-corrected chi connectivity index (χ2v) is 14.4. The van der Waals surface area contributed by atoms with E-state index in [9.17, 15) is 1.37 Å². The summed E-state index contributed by atoms with van der Waals surface area (Å²) in [5, 5.41) is -0.289. The first kappa shape index (κ1) is 25.3. The van der Waals surface area contributed by atoms with Crippen LogP contribution in [0.2, 0.25) is 0 Å². The van der Waals surface area contributed by atoms with Gasteiger partial charge in [0.2, 0.25) is 0 Å². The Morgan fingerprint density at radius 2 is 0.754 bits per heavy atom. The zero-order valence-corrected chi connectivity index (χ0v) is 32.3. The van der Waals surface area contributed by atoms with Crippen molar-refractivity contribution < 1.29 is 16.4 Å². The van der Waals surface area contributed by atoms with Crippen molar-refractivity contribution in [1.82, 2.24) is 19.5 Å². The summed E-state index contributed by atoms with van der Waals surface area (Å²) in [5.74, 6) is 1.63. The Morgan fingerprint density at radius 1 is 0.328 bits per heavy atom. The van der Waals surface area contributed by atoms with Crippen molar-refractivity contribution >= 4 is 21.8 Å². The maximum Gasteiger partial charge on any atom is 0.164 e. The van der Waals surface area contributed by atoms with Crippen LogP contribution in [0.15, 0.2) is 230 Å². The van der Waals surface area contributed by atoms with Crippen molar-refractivity contribution in [2.24, 2.45) is 0 Å². The van der Waals surface area contributed by atoms with E-state index >= 15 is 0 Å². The molecule has 0 fully saturated rings. The van der Waals surface area contributed by atoms with Crippen LogP contribution in [0.3, 0.4) is 0 Å². The van der Waals surface area contributed by atoms with E-state index in [1.807, 2.05) is 121 Å². The van der Waals surface area contributed by atoms with Crippen LogP contribution in [-0.2, 0) is 0 Å². The highest BCUT2D eigenvalue weighted by Crippen LogP contribution is 2.39. The third kappa shape index (κ3) is 6.86. The maximum absolute atomic E-state index is 9.25. The first-order chi connectivity index (χ1) is 35.2. The minimum atomic E-state index is -0.680. The van der Waals surface area contributed by atoms with Crippen LogP contribution in [-0.4, -0.2) is 19.5 Å². The first-order valence-corrected chi connectivity index (χ1v) is 19.6. The Hall–Kier alpha value is -8.21. The number of benzene rings is 9. The number of nitrogens with zero attached hydrogens (tertiary/aromatic N) is 4. The fourth-order valence-corrected chi connectivity index (χ4v) is 7.67. The fraction of sp³-hybridized carbons (Fsp3) is 0. The number of rotatable bonds is 8. The lowest BCUT2D eigenvalue weighted by Gasteiger charge is -2.12. The molecule has 11 aromatic rings. The largest absolute Gasteiger partial charge is 0.309 e. The average molecular weight is 791 g/mol. The summed E-state index contributed by atoms with van der Waals surface area (Å²) >= 11 is 0. The normalized spacial score (nSPS) is 14.0. The molecule has 4 nitrogen and oxygen atoms in total. The topological polar surface area (TPSA) is 43.6 Å². The van der Waals surface area contributed by atoms with Crippen molar-refractivity contribution in [2.75, 3.05) is 0 Å². The molecule has 0 aliphatic rings. The molecule has 0 aliphatic heterocycles. The minimum Gasteiger partial charge on any atom is -0.309 e. The zero-order valence-electron chi connectivity index (χ0n) is 44.3. The summed E-state index contributed by atoms with van der Waals surface area (Å²) in [6, 6.07) is 44.0. The lowest BCUT2D eigenvalue weighted by Crippen LogP contribution is -2.00. The molecule has 0 bridgehead atoms. The third-order valence-corrected chi connectivity index (χ3v) is 10.7. The van der Waals surface area contributed by atoms with Crippen molar-refractivity contribution in [3.05, 3.63) is 230 Å². The van der Waals surface area contributed by atoms with Crippen LogP contribution in [0.4, 0.5) is 0 Å². The smallest absolute Gasteiger partial charge is 0.164 e. The molecule has 0 amide bonds. The second-order valence-electron chi connectivity index (χ2n) is 14.4. The molecular formula is C57H38N4. The lowest BCUT2D eigenvalue weighted by molar-refractivity contribution is 1.07. The molecule has 0 saturated carbocycles. The van der Waals surface area contributed by atoms with Gasteiger partial charge in [-0.15, -0.1) is 0 Å². The Labute approximate surface area is 371 Å². The molecular weight excluding hydrogens is 741 g/mol. The van der Waals surface area contributed by atoms with Gasteiger partial charge < -0.3 is 4.57 Å². The molecule has 2 heterocycles. The van der Waals surface area contributed by atoms with Gasteiger partial charge in [0.15, 0.2) is 17.5 Å². The van der Waals surface area contributed by atoms with Crippen LogP contribution in [0.5, 0.6) is 0 Å². The molecule has 0 aliphatic carbocycles. The van der Waals surface area contributed by atoms with Gasteiger partial charge in [0.1, 0.15) is 0 Å². The van der Waals surface area contributed by atoms with Crippen LogP contribution < -0.4 is 0 Å². The monoisotopic (exact) mass is 790 g/mol. The number of hydrogen-bond donors (Lipinski definition) is 0. The summed E-state index contributed by atoms with van der Waals surface area (Å²) in [4.78, 5) is 14.8. The Bertz CT molecular complexity index is 3990. The van der Waals surface area contributed by atoms with Gasteiger partial charge in [-0.25, -0.2) is 15.0 Å². The van der Waals surface area contributed by atoms with Crippen molar-refractivity contribution in [3.8, 4) is 84.4 Å². The average Bonchev–Trinajstić information content (AvgIpc) is 3.78. The fourth-order valence-electron chi connectivity index (χ4n) is 7.67. The lowest BCUT2D eigenvalue weighted by atomic mass is 9.96. The summed E-state index contributed by atoms with van der Waals surface area (Å²) < 4.78 is 107. The molecule has 0 saturated heterocycles. The van der Waals surface area contributed by atoms with E-state index in [0.717, 1.165) is 54.6 Å². The molecule has 0 unspecified atom stereocenters. The number of para-hydroxylation sites is 3. The second kappa shape index (κ2) is 15.5. The standard InChI is InChI=1S/C57H38N4/c1-4-14-39(15-5-1)40-28-34-45(35-29-40)56-58-55(44-16-6-2-7-17-44)59-57(60-56)46-36-30-42(31-37-46)48-19-12-18-47(38-48)41-26-32-43(33-27-41)50-23-13-24-52-51-22-10-11-25-53(51)61(54(50)52)49-20-8-3-9-21-49/h1-38H/i3D,8D,9D,10D,11D,13D,20D,21D,22D,23D,24D,25D. The summed E-state index contributed by atoms with van der Waals surface area (Å²) in [5.41, 5.74) is 7.92. The Balaban J connectivity index is 0.973. The molecule has 9 aromatic carbocycles. The third-order valence-electron chi connectivity index (χ3n) is 10.7. The molecule has 11 rings (SSSR count). The predicted molar refractivity (Wildman–Crippen MR) is 252 cm³/mol. The van der Waals surface area contributed by atoms with E-state index in [0.29, 0.717) is 23.0 Å². The van der Waals surface area contributed by atoms with Crippen molar-refractivity contribution in [3.63, 3.8) is 0 Å². The summed E-state index contributed by atoms with van der Waals surface area (Å²) in [6.07, 6.45) is 0. The molecule has 61 heavy (non-hydrogen) atoms. The molecule has 286 valence electrons. The Kier molecular flexibility index (Phi) is 6.44. The molecule has 0 atom stereocenters. The van der Waals surface area contributed by atoms with Gasteiger partial charge in [-0.2, -0.15) is 0 Å². The highest BCUT2D eigenvalue weighted by atomic mass is 15.0. The predicted octanol–water partition coefficient (Wildman–Crippen LogP) is 14.6. The summed E-state index contributed by atoms with van der Waals surface area (Å²) in [7, 11) is 0. The highest BCUT2D eigenvalue weighted by Gasteiger charge is 2.17. The van der Waals surface area contributed by atoms with E-state index in [1.165, 1.54) is 0 Å². The quantitative estimate of drug-likeness (QED) is 0.154. The van der Waals surface area contributed by atoms with Crippen LogP contribution >= 0.6 is 0 Å². The molecule has 0 spiro atoms. The highest BCUT2D eigenvalue weighted by molar-refractivity contribution is 6.13. The van der Waals surface area contributed by atoms with Gasteiger partial charge in [0, 0.05) is 38.7 Å². The molecule has 0 N–H and O–H groups in total. The van der Waals surface area contributed by atoms with Gasteiger partial charge in [-0.1, -0.05) is 206 Å². The Morgan fingerprint density at radius 3 is 1.34 bits per heavy atom. The first-order valence-electron chi connectivity index (χ1n) is 25.6. The van der Waals surface area contributed by atoms with Gasteiger partial charge >= 0.3 is 0 Å². The number of hydrogen-bond acceptors (Lipinski definition) is 3. The van der Waals surface area contributed by atoms with Crippen LogP contribution in [0.1, 0.15) is 16.4 Å². The van der Waals surface area contributed by atoms with E-state index in [4.69, 9.17) is 30.0 Å². The number of aromatic nitrogens is 4. The van der Waals surface area contributed by atoms with Crippen molar-refractivity contribution in [1.29, 1.82) is 0 Å². The molecule has 4 heteroatoms. The van der Waals surface area contributed by atoms with Crippen molar-refractivity contribution in [2.45, 2.75) is 0 Å². The van der Waals surface area contributed by atoms with E-state index in [1.54, 1.807) is 12.1 Å². The van der Waals surface area contributed by atoms with E-state index in [2.05, 4.69) is 24.3 Å². The number of fused-ring (bicyclic) bond motifs is 3. The van der Waals surface area contributed by atoms with Crippen LogP contribution in [0, 0.1) is 0 Å². The SMILES string of the molecule is [2H]c1c([2H])c([2H])c(-n2c3c([2H])c([2H])c([2H])c([2H])c3c3c([2H])c([2H])c([2H])c(-c4ccc(-c5cccc(-c6ccc(-c7nc(-c8ccccc8)nc(-c8ccc(-c9ccccc9)cc8)n7)cc6)c5)cc4)c32)c([2H])c1[2H]. The van der Waals surface area contributed by atoms with E-state index < -0.39 is 78.2 Å². The minimum absolute atomic E-state index is 0.0402. The van der Waals surface area contributed by atoms with E-state index in [-0.39, 0.29) is 27.4 Å². The maximum atomic E-state index is 9.25. The zero-order chi connectivity index (χ0) is 51.0. The van der Waals surface area contributed by atoms with Crippen LogP contribution in [0.25, 0.3) is 106 Å². The van der Waals surface area contributed by atoms with Gasteiger partial charge in [0.05, 0.1) is 27.5 Å². The van der Waals surface area contributed by atoms with Gasteiger partial charge in [-0.3, -0.25) is 0 Å². The van der Waals surface area contributed by atoms with Gasteiger partial charge in [-0.05, 0) is 63.1 Å². The molecule has 0 radical (unpaired) electrons. The molecule has 2 aromatic heterocycles. The summed E-state index contributed by atoms with van der Waals surface area (Å²) in [6.45, 7) is 0.